The normalized spacial score (nSPS) is 25.3. The van der Waals surface area contributed by atoms with Crippen LogP contribution in [0.3, 0.4) is 0 Å². The lowest BCUT2D eigenvalue weighted by Crippen LogP contribution is -2.49. The van der Waals surface area contributed by atoms with Gasteiger partial charge < -0.3 is 19.8 Å². The topological polar surface area (TPSA) is 90.3 Å². The number of aliphatic hydroxyl groups is 2. The Hall–Kier alpha value is -1.63. The van der Waals surface area contributed by atoms with Crippen molar-refractivity contribution >= 4 is 10.0 Å². The molecule has 0 saturated heterocycles. The van der Waals surface area contributed by atoms with Crippen LogP contribution in [-0.2, 0) is 10.0 Å². The number of rotatable bonds is 6. The molecule has 8 heteroatoms. The number of aliphatic hydroxyl groups excluding tert-OH is 2. The largest absolute Gasteiger partial charge is 0.487 e. The van der Waals surface area contributed by atoms with Gasteiger partial charge in [-0.25, -0.2) is 8.42 Å². The SMILES string of the molecule is C[C@@H]1CN([C@@H](C)CO)S(=O)(=O)c2ccc(C#C[C@@H](C)O)cc2O[C@H]1CN(C)CC1CCCC1. The van der Waals surface area contributed by atoms with Crippen LogP contribution in [0.2, 0.25) is 0 Å². The Kier molecular flexibility index (Phi) is 8.82. The predicted octanol–water partition coefficient (Wildman–Crippen LogP) is 2.31. The van der Waals surface area contributed by atoms with Crippen LogP contribution in [0, 0.1) is 23.7 Å². The van der Waals surface area contributed by atoms with Gasteiger partial charge in [-0.15, -0.1) is 0 Å². The van der Waals surface area contributed by atoms with E-state index in [0.717, 1.165) is 6.54 Å². The van der Waals surface area contributed by atoms with Crippen LogP contribution in [0.1, 0.15) is 52.0 Å². The average molecular weight is 479 g/mol. The zero-order valence-electron chi connectivity index (χ0n) is 20.2. The van der Waals surface area contributed by atoms with E-state index in [0.29, 0.717) is 18.0 Å². The molecule has 2 aliphatic rings. The molecule has 1 aromatic carbocycles. The van der Waals surface area contributed by atoms with Crippen LogP contribution in [0.5, 0.6) is 5.75 Å². The van der Waals surface area contributed by atoms with Crippen LogP contribution in [0.4, 0.5) is 0 Å². The summed E-state index contributed by atoms with van der Waals surface area (Å²) in [6, 6.07) is 4.24. The molecule has 0 radical (unpaired) electrons. The molecule has 1 fully saturated rings. The lowest BCUT2D eigenvalue weighted by molar-refractivity contribution is 0.0712. The van der Waals surface area contributed by atoms with E-state index in [1.165, 1.54) is 36.1 Å². The Balaban J connectivity index is 1.96. The van der Waals surface area contributed by atoms with E-state index >= 15 is 0 Å². The lowest BCUT2D eigenvalue weighted by atomic mass is 10.0. The van der Waals surface area contributed by atoms with E-state index in [9.17, 15) is 18.6 Å². The minimum absolute atomic E-state index is 0.0832. The molecular weight excluding hydrogens is 440 g/mol. The molecule has 33 heavy (non-hydrogen) atoms. The molecule has 2 N–H and O–H groups in total. The molecule has 1 aromatic rings. The highest BCUT2D eigenvalue weighted by Crippen LogP contribution is 2.34. The van der Waals surface area contributed by atoms with Crippen molar-refractivity contribution in [1.29, 1.82) is 0 Å². The van der Waals surface area contributed by atoms with E-state index in [1.807, 2.05) is 6.92 Å². The van der Waals surface area contributed by atoms with Gasteiger partial charge in [0.15, 0.2) is 0 Å². The van der Waals surface area contributed by atoms with Crippen molar-refractivity contribution < 1.29 is 23.4 Å². The second kappa shape index (κ2) is 11.2. The molecule has 1 saturated carbocycles. The van der Waals surface area contributed by atoms with E-state index < -0.39 is 22.2 Å². The van der Waals surface area contributed by atoms with Crippen molar-refractivity contribution in [1.82, 2.24) is 9.21 Å². The van der Waals surface area contributed by atoms with Gasteiger partial charge in [0.2, 0.25) is 10.0 Å². The zero-order valence-corrected chi connectivity index (χ0v) is 21.0. The number of benzene rings is 1. The van der Waals surface area contributed by atoms with E-state index in [1.54, 1.807) is 26.0 Å². The molecule has 1 heterocycles. The second-order valence-corrected chi connectivity index (χ2v) is 11.6. The Morgan fingerprint density at radius 1 is 1.24 bits per heavy atom. The molecule has 1 aliphatic carbocycles. The fourth-order valence-electron chi connectivity index (χ4n) is 4.72. The Bertz CT molecular complexity index is 963. The number of ether oxygens (including phenoxy) is 1. The summed E-state index contributed by atoms with van der Waals surface area (Å²) < 4.78 is 34.8. The first-order chi connectivity index (χ1) is 15.6. The molecule has 0 amide bonds. The Morgan fingerprint density at radius 3 is 2.58 bits per heavy atom. The van der Waals surface area contributed by atoms with E-state index in [2.05, 4.69) is 23.8 Å². The molecular formula is C25H38N2O5S. The molecule has 0 spiro atoms. The third-order valence-corrected chi connectivity index (χ3v) is 8.65. The summed E-state index contributed by atoms with van der Waals surface area (Å²) in [5, 5.41) is 19.3. The van der Waals surface area contributed by atoms with Gasteiger partial charge >= 0.3 is 0 Å². The molecule has 0 bridgehead atoms. The number of fused-ring (bicyclic) bond motifs is 1. The van der Waals surface area contributed by atoms with Gasteiger partial charge in [-0.1, -0.05) is 31.6 Å². The number of sulfonamides is 1. The molecule has 3 rings (SSSR count). The maximum atomic E-state index is 13.5. The van der Waals surface area contributed by atoms with Gasteiger partial charge in [-0.2, -0.15) is 4.31 Å². The average Bonchev–Trinajstić information content (AvgIpc) is 3.27. The van der Waals surface area contributed by atoms with Crippen LogP contribution < -0.4 is 4.74 Å². The second-order valence-electron chi connectivity index (χ2n) is 9.72. The number of nitrogens with zero attached hydrogens (tertiary/aromatic N) is 2. The van der Waals surface area contributed by atoms with Crippen molar-refractivity contribution in [3.05, 3.63) is 23.8 Å². The maximum absolute atomic E-state index is 13.5. The van der Waals surface area contributed by atoms with Crippen LogP contribution in [-0.4, -0.2) is 79.4 Å². The summed E-state index contributed by atoms with van der Waals surface area (Å²) in [7, 11) is -1.77. The first-order valence-electron chi connectivity index (χ1n) is 11.9. The number of hydrogen-bond donors (Lipinski definition) is 2. The summed E-state index contributed by atoms with van der Waals surface area (Å²) in [4.78, 5) is 2.38. The molecule has 4 atom stereocenters. The van der Waals surface area contributed by atoms with Crippen LogP contribution in [0.15, 0.2) is 23.1 Å². The molecule has 0 unspecified atom stereocenters. The van der Waals surface area contributed by atoms with Crippen LogP contribution in [0.25, 0.3) is 0 Å². The highest BCUT2D eigenvalue weighted by Gasteiger charge is 2.38. The molecule has 0 aromatic heterocycles. The zero-order chi connectivity index (χ0) is 24.2. The lowest BCUT2D eigenvalue weighted by Gasteiger charge is -2.38. The molecule has 1 aliphatic heterocycles. The van der Waals surface area contributed by atoms with Crippen molar-refractivity contribution in [3.8, 4) is 17.6 Å². The fraction of sp³-hybridized carbons (Fsp3) is 0.680. The Labute approximate surface area is 198 Å². The third kappa shape index (κ3) is 6.49. The summed E-state index contributed by atoms with van der Waals surface area (Å²) in [6.45, 7) is 7.00. The van der Waals surface area contributed by atoms with Crippen molar-refractivity contribution in [2.45, 2.75) is 69.6 Å². The van der Waals surface area contributed by atoms with Gasteiger partial charge in [0.25, 0.3) is 0 Å². The minimum atomic E-state index is -3.87. The van der Waals surface area contributed by atoms with Gasteiger partial charge in [0.05, 0.1) is 6.61 Å². The summed E-state index contributed by atoms with van der Waals surface area (Å²) in [5.74, 6) is 6.47. The van der Waals surface area contributed by atoms with Gasteiger partial charge in [0, 0.05) is 37.2 Å². The van der Waals surface area contributed by atoms with Crippen molar-refractivity contribution in [2.24, 2.45) is 11.8 Å². The Morgan fingerprint density at radius 2 is 1.94 bits per heavy atom. The predicted molar refractivity (Wildman–Crippen MR) is 128 cm³/mol. The standard InChI is InChI=1S/C25H38N2O5S/c1-18-14-27(19(2)17-28)33(30,31)25-12-11-21(10-9-20(3)29)13-23(25)32-24(18)16-26(4)15-22-7-5-6-8-22/h11-13,18-20,22,24,28-29H,5-8,14-17H2,1-4H3/t18-,19+,20-,24+/m1/s1. The fourth-order valence-corrected chi connectivity index (χ4v) is 6.55. The number of hydrogen-bond acceptors (Lipinski definition) is 6. The van der Waals surface area contributed by atoms with Crippen molar-refractivity contribution in [3.63, 3.8) is 0 Å². The summed E-state index contributed by atoms with van der Waals surface area (Å²) in [6.07, 6.45) is 4.11. The van der Waals surface area contributed by atoms with Gasteiger partial charge in [0.1, 0.15) is 22.9 Å². The van der Waals surface area contributed by atoms with Gasteiger partial charge in [-0.05, 0) is 57.9 Å². The highest BCUT2D eigenvalue weighted by molar-refractivity contribution is 7.89. The van der Waals surface area contributed by atoms with E-state index in [4.69, 9.17) is 4.74 Å². The molecule has 7 nitrogen and oxygen atoms in total. The van der Waals surface area contributed by atoms with Crippen molar-refractivity contribution in [2.75, 3.05) is 33.3 Å². The summed E-state index contributed by atoms with van der Waals surface area (Å²) in [5.41, 5.74) is 0.581. The smallest absolute Gasteiger partial charge is 0.247 e. The van der Waals surface area contributed by atoms with Gasteiger partial charge in [-0.3, -0.25) is 0 Å². The maximum Gasteiger partial charge on any atom is 0.247 e. The first kappa shape index (κ1) is 26.0. The quantitative estimate of drug-likeness (QED) is 0.610. The monoisotopic (exact) mass is 478 g/mol. The van der Waals surface area contributed by atoms with Crippen LogP contribution >= 0.6 is 0 Å². The first-order valence-corrected chi connectivity index (χ1v) is 13.4. The summed E-state index contributed by atoms with van der Waals surface area (Å²) >= 11 is 0. The minimum Gasteiger partial charge on any atom is -0.487 e. The van der Waals surface area contributed by atoms with E-state index in [-0.39, 0.29) is 35.8 Å². The highest BCUT2D eigenvalue weighted by atomic mass is 32.2. The third-order valence-electron chi connectivity index (χ3n) is 6.63. The number of likely N-dealkylation sites (N-methyl/N-ethyl adjacent to an activating group) is 1. The molecule has 184 valence electrons.